The fourth-order valence-corrected chi connectivity index (χ4v) is 7.26. The predicted octanol–water partition coefficient (Wildman–Crippen LogP) is 19.2. The van der Waals surface area contributed by atoms with Gasteiger partial charge >= 0.3 is 0 Å². The molecule has 1 aliphatic rings. The molecule has 0 aromatic heterocycles. The first kappa shape index (κ1) is 53.7. The lowest BCUT2D eigenvalue weighted by molar-refractivity contribution is 0.187. The molecule has 0 nitrogen and oxygen atoms in total. The van der Waals surface area contributed by atoms with Crippen LogP contribution in [-0.4, -0.2) is 0 Å². The van der Waals surface area contributed by atoms with Gasteiger partial charge in [-0.1, -0.05) is 177 Å². The minimum absolute atomic E-state index is 0.248. The van der Waals surface area contributed by atoms with Crippen molar-refractivity contribution in [1.29, 1.82) is 0 Å². The van der Waals surface area contributed by atoms with Gasteiger partial charge in [-0.15, -0.1) is 0 Å². The SMILES string of the molecule is C=C(C/C=C(\C)CCC=C(C)C)CCC(C)(C)/C=C/CC/C(C)=C\CC(C)C.C=C(CCC(C)(C)/C=C/CC/C(C)=C\CC(C)C)CC1C(=C)CCCC1(C)C. The van der Waals surface area contributed by atoms with Crippen LogP contribution in [0.15, 0.2) is 107 Å². The van der Waals surface area contributed by atoms with Crippen LogP contribution in [0.1, 0.15) is 213 Å². The molecule has 0 radical (unpaired) electrons. The van der Waals surface area contributed by atoms with Crippen molar-refractivity contribution in [3.63, 3.8) is 0 Å². The van der Waals surface area contributed by atoms with E-state index < -0.39 is 0 Å². The molecule has 56 heavy (non-hydrogen) atoms. The fraction of sp³-hybridized carbons (Fsp3) is 0.679. The predicted molar refractivity (Wildman–Crippen MR) is 259 cm³/mol. The molecule has 0 aliphatic heterocycles. The first-order valence-corrected chi connectivity index (χ1v) is 22.9. The first-order chi connectivity index (χ1) is 25.9. The van der Waals surface area contributed by atoms with Crippen LogP contribution in [0.5, 0.6) is 0 Å². The zero-order chi connectivity index (χ0) is 43.0. The smallest absolute Gasteiger partial charge is 0.0117 e. The fourth-order valence-electron chi connectivity index (χ4n) is 7.26. The van der Waals surface area contributed by atoms with Crippen molar-refractivity contribution in [1.82, 2.24) is 0 Å². The van der Waals surface area contributed by atoms with Crippen LogP contribution in [0, 0.1) is 34.0 Å². The first-order valence-electron chi connectivity index (χ1n) is 22.9. The van der Waals surface area contributed by atoms with Gasteiger partial charge in [-0.3, -0.25) is 0 Å². The monoisotopic (exact) mass is 769 g/mol. The molecule has 1 aliphatic carbocycles. The summed E-state index contributed by atoms with van der Waals surface area (Å²) in [6.07, 6.45) is 39.1. The highest BCUT2D eigenvalue weighted by molar-refractivity contribution is 5.15. The molecular formula is C56H96. The van der Waals surface area contributed by atoms with E-state index in [-0.39, 0.29) is 10.8 Å². The van der Waals surface area contributed by atoms with Gasteiger partial charge in [0.2, 0.25) is 0 Å². The van der Waals surface area contributed by atoms with Crippen molar-refractivity contribution < 1.29 is 0 Å². The minimum atomic E-state index is 0.248. The lowest BCUT2D eigenvalue weighted by Gasteiger charge is -2.41. The van der Waals surface area contributed by atoms with Crippen LogP contribution in [0.4, 0.5) is 0 Å². The Balaban J connectivity index is 0.00000108. The van der Waals surface area contributed by atoms with Gasteiger partial charge in [-0.05, 0) is 178 Å². The number of rotatable bonds is 25. The third kappa shape index (κ3) is 29.0. The third-order valence-electron chi connectivity index (χ3n) is 11.7. The van der Waals surface area contributed by atoms with Crippen molar-refractivity contribution in [3.05, 3.63) is 107 Å². The molecule has 0 amide bonds. The molecule has 0 heterocycles. The molecule has 0 spiro atoms. The zero-order valence-corrected chi connectivity index (χ0v) is 40.5. The summed E-state index contributed by atoms with van der Waals surface area (Å²) in [5, 5.41) is 0. The maximum atomic E-state index is 4.43. The molecule has 1 fully saturated rings. The van der Waals surface area contributed by atoms with Gasteiger partial charge in [0.15, 0.2) is 0 Å². The maximum Gasteiger partial charge on any atom is -0.0117 e. The summed E-state index contributed by atoms with van der Waals surface area (Å²) in [7, 11) is 0. The topological polar surface area (TPSA) is 0 Å². The Hall–Kier alpha value is -2.34. The van der Waals surface area contributed by atoms with Crippen molar-refractivity contribution in [2.24, 2.45) is 34.0 Å². The Labute approximate surface area is 353 Å². The highest BCUT2D eigenvalue weighted by Crippen LogP contribution is 2.46. The van der Waals surface area contributed by atoms with E-state index in [1.165, 1.54) is 96.8 Å². The average molecular weight is 769 g/mol. The zero-order valence-electron chi connectivity index (χ0n) is 40.5. The Morgan fingerprint density at radius 3 is 1.55 bits per heavy atom. The van der Waals surface area contributed by atoms with Gasteiger partial charge in [0.05, 0.1) is 0 Å². The number of allylic oxidation sites excluding steroid dienone is 15. The molecule has 1 rings (SSSR count). The third-order valence-corrected chi connectivity index (χ3v) is 11.7. The standard InChI is InChI=1S/2C28H48/c1-22(2)15-16-23(3)13-10-11-18-27(6,7)20-17-24(4)21-26-25(5)14-12-19-28(26,8)9;1-23(2)13-12-15-26(6)18-19-27(7)20-22-28(8,9)21-11-10-14-25(5)17-16-24(3)4/h11,16,18,22,26H,4-5,10,12-15,17,19-21H2,1-3,6-9H3;11,13,17-18,21,24H,7,10,12,14-16,19-20,22H2,1-6,8-9H3/b18-11+,23-16-;21-11+,25-17-,26-18+. The highest BCUT2D eigenvalue weighted by atomic mass is 14.4. The van der Waals surface area contributed by atoms with Crippen LogP contribution in [0.3, 0.4) is 0 Å². The largest absolute Gasteiger partial charge is 0.0998 e. The van der Waals surface area contributed by atoms with E-state index in [4.69, 9.17) is 0 Å². The van der Waals surface area contributed by atoms with E-state index in [1.807, 2.05) is 0 Å². The summed E-state index contributed by atoms with van der Waals surface area (Å²) >= 11 is 0. The molecule has 0 heteroatoms. The van der Waals surface area contributed by atoms with Gasteiger partial charge < -0.3 is 0 Å². The Bertz CT molecular complexity index is 1330. The van der Waals surface area contributed by atoms with Crippen LogP contribution in [0.2, 0.25) is 0 Å². The number of hydrogen-bond donors (Lipinski definition) is 0. The van der Waals surface area contributed by atoms with E-state index in [0.717, 1.165) is 63.2 Å². The second-order valence-electron chi connectivity index (χ2n) is 21.1. The van der Waals surface area contributed by atoms with Gasteiger partial charge in [-0.2, -0.15) is 0 Å². The van der Waals surface area contributed by atoms with Crippen molar-refractivity contribution in [2.45, 2.75) is 213 Å². The Kier molecular flexibility index (Phi) is 27.0. The molecule has 1 saturated carbocycles. The van der Waals surface area contributed by atoms with Crippen LogP contribution < -0.4 is 0 Å². The lowest BCUT2D eigenvalue weighted by atomic mass is 9.64. The Morgan fingerprint density at radius 1 is 0.661 bits per heavy atom. The minimum Gasteiger partial charge on any atom is -0.0998 e. The van der Waals surface area contributed by atoms with Crippen molar-refractivity contribution in [3.8, 4) is 0 Å². The summed E-state index contributed by atoms with van der Waals surface area (Å²) in [5.41, 5.74) is 11.1. The van der Waals surface area contributed by atoms with Crippen LogP contribution >= 0.6 is 0 Å². The van der Waals surface area contributed by atoms with Gasteiger partial charge in [0.25, 0.3) is 0 Å². The van der Waals surface area contributed by atoms with E-state index in [1.54, 1.807) is 0 Å². The summed E-state index contributed by atoms with van der Waals surface area (Å²) in [6, 6.07) is 0. The van der Waals surface area contributed by atoms with E-state index in [0.29, 0.717) is 11.3 Å². The van der Waals surface area contributed by atoms with Crippen LogP contribution in [-0.2, 0) is 0 Å². The van der Waals surface area contributed by atoms with Crippen molar-refractivity contribution >= 4 is 0 Å². The molecule has 0 aromatic carbocycles. The molecule has 320 valence electrons. The van der Waals surface area contributed by atoms with Crippen LogP contribution in [0.25, 0.3) is 0 Å². The molecule has 0 N–H and O–H groups in total. The van der Waals surface area contributed by atoms with Gasteiger partial charge in [-0.25, -0.2) is 0 Å². The molecule has 0 aromatic rings. The summed E-state index contributed by atoms with van der Waals surface area (Å²) in [6.45, 7) is 47.6. The second kappa shape index (κ2) is 28.1. The lowest BCUT2D eigenvalue weighted by Crippen LogP contribution is -2.29. The quantitative estimate of drug-likeness (QED) is 0.0812. The molecule has 1 unspecified atom stereocenters. The van der Waals surface area contributed by atoms with Gasteiger partial charge in [0.1, 0.15) is 0 Å². The second-order valence-corrected chi connectivity index (χ2v) is 21.1. The molecular weight excluding hydrogens is 673 g/mol. The Morgan fingerprint density at radius 2 is 1.11 bits per heavy atom. The summed E-state index contributed by atoms with van der Waals surface area (Å²) in [5.74, 6) is 2.13. The van der Waals surface area contributed by atoms with E-state index >= 15 is 0 Å². The highest BCUT2D eigenvalue weighted by Gasteiger charge is 2.34. The summed E-state index contributed by atoms with van der Waals surface area (Å²) in [4.78, 5) is 0. The van der Waals surface area contributed by atoms with Gasteiger partial charge in [0, 0.05) is 0 Å². The summed E-state index contributed by atoms with van der Waals surface area (Å²) < 4.78 is 0. The normalized spacial score (nSPS) is 17.2. The van der Waals surface area contributed by atoms with E-state index in [9.17, 15) is 0 Å². The maximum absolute atomic E-state index is 4.43. The number of hydrogen-bond acceptors (Lipinski definition) is 0. The molecule has 0 saturated heterocycles. The van der Waals surface area contributed by atoms with E-state index in [2.05, 4.69) is 172 Å². The molecule has 1 atom stereocenters. The molecule has 0 bridgehead atoms. The average Bonchev–Trinajstić information content (AvgIpc) is 3.09. The van der Waals surface area contributed by atoms with Crippen molar-refractivity contribution in [2.75, 3.05) is 0 Å².